The van der Waals surface area contributed by atoms with E-state index in [9.17, 15) is 5.11 Å². The Labute approximate surface area is 120 Å². The molecule has 2 rings (SSSR count). The second-order valence-electron chi connectivity index (χ2n) is 5.57. The van der Waals surface area contributed by atoms with Gasteiger partial charge in [0, 0.05) is 29.9 Å². The quantitative estimate of drug-likeness (QED) is 0.599. The molecule has 0 amide bonds. The second-order valence-corrected chi connectivity index (χ2v) is 5.57. The van der Waals surface area contributed by atoms with Crippen molar-refractivity contribution in [3.05, 3.63) is 23.3 Å². The minimum atomic E-state index is 0.0112. The molecule has 5 nitrogen and oxygen atoms in total. The van der Waals surface area contributed by atoms with Crippen molar-refractivity contribution in [1.82, 2.24) is 5.32 Å². The second kappa shape index (κ2) is 6.92. The third-order valence-electron chi connectivity index (χ3n) is 3.61. The summed E-state index contributed by atoms with van der Waals surface area (Å²) in [4.78, 5) is 4.97. The van der Waals surface area contributed by atoms with Gasteiger partial charge in [-0.3, -0.25) is 10.3 Å². The van der Waals surface area contributed by atoms with Gasteiger partial charge >= 0.3 is 0 Å². The van der Waals surface area contributed by atoms with Gasteiger partial charge in [0.15, 0.2) is 0 Å². The average Bonchev–Trinajstić information content (AvgIpc) is 2.44. The Morgan fingerprint density at radius 1 is 1.45 bits per heavy atom. The number of rotatable bonds is 6. The summed E-state index contributed by atoms with van der Waals surface area (Å²) in [6.45, 7) is 5.29. The highest BCUT2D eigenvalue weighted by Crippen LogP contribution is 2.31. The first-order valence-electron chi connectivity index (χ1n) is 7.19. The smallest absolute Gasteiger partial charge is 0.0702 e. The van der Waals surface area contributed by atoms with Gasteiger partial charge in [-0.05, 0) is 30.5 Å². The zero-order valence-electron chi connectivity index (χ0n) is 12.5. The van der Waals surface area contributed by atoms with Crippen LogP contribution in [0.3, 0.4) is 0 Å². The molecule has 0 spiro atoms. The largest absolute Gasteiger partial charge is 0.392 e. The summed E-state index contributed by atoms with van der Waals surface area (Å²) in [6, 6.07) is 5.02. The molecule has 1 unspecified atom stereocenters. The number of benzene rings is 1. The van der Waals surface area contributed by atoms with Gasteiger partial charge < -0.3 is 15.7 Å². The number of aliphatic hydroxyl groups is 1. The van der Waals surface area contributed by atoms with E-state index in [2.05, 4.69) is 36.0 Å². The van der Waals surface area contributed by atoms with Crippen molar-refractivity contribution in [2.75, 3.05) is 24.5 Å². The molecule has 20 heavy (non-hydrogen) atoms. The summed E-state index contributed by atoms with van der Waals surface area (Å²) in [5.74, 6) is 0. The number of hydrogen-bond acceptors (Lipinski definition) is 5. The van der Waals surface area contributed by atoms with Crippen molar-refractivity contribution in [3.63, 3.8) is 0 Å². The maximum absolute atomic E-state index is 9.42. The van der Waals surface area contributed by atoms with Gasteiger partial charge in [-0.15, -0.1) is 0 Å². The van der Waals surface area contributed by atoms with Crippen LogP contribution in [0, 0.1) is 0 Å². The molecule has 5 heteroatoms. The van der Waals surface area contributed by atoms with Crippen LogP contribution in [0.5, 0.6) is 0 Å². The van der Waals surface area contributed by atoms with Gasteiger partial charge in [-0.25, -0.2) is 0 Å². The zero-order chi connectivity index (χ0) is 14.5. The van der Waals surface area contributed by atoms with Gasteiger partial charge in [0.1, 0.15) is 0 Å². The van der Waals surface area contributed by atoms with E-state index in [1.807, 2.05) is 6.07 Å². The van der Waals surface area contributed by atoms with E-state index in [-0.39, 0.29) is 6.61 Å². The van der Waals surface area contributed by atoms with Crippen LogP contribution in [0.4, 0.5) is 11.4 Å². The van der Waals surface area contributed by atoms with E-state index < -0.39 is 0 Å². The van der Waals surface area contributed by atoms with E-state index in [0.717, 1.165) is 36.3 Å². The molecule has 112 valence electrons. The number of aliphatic hydroxyl groups excluding tert-OH is 1. The normalized spacial score (nSPS) is 17.8. The lowest BCUT2D eigenvalue weighted by Gasteiger charge is -2.29. The van der Waals surface area contributed by atoms with Crippen LogP contribution < -0.4 is 16.1 Å². The van der Waals surface area contributed by atoms with E-state index >= 15 is 0 Å². The van der Waals surface area contributed by atoms with Gasteiger partial charge in [-0.1, -0.05) is 13.8 Å². The summed E-state index contributed by atoms with van der Waals surface area (Å²) < 4.78 is 0. The van der Waals surface area contributed by atoms with Crippen molar-refractivity contribution in [1.29, 1.82) is 0 Å². The van der Waals surface area contributed by atoms with Gasteiger partial charge in [0.05, 0.1) is 19.4 Å². The van der Waals surface area contributed by atoms with Crippen LogP contribution >= 0.6 is 0 Å². The molecule has 0 aromatic heterocycles. The van der Waals surface area contributed by atoms with Crippen molar-refractivity contribution in [2.24, 2.45) is 0 Å². The van der Waals surface area contributed by atoms with Crippen molar-refractivity contribution >= 4 is 11.4 Å². The first-order chi connectivity index (χ1) is 9.63. The number of nitrogens with one attached hydrogen (secondary N) is 3. The third kappa shape index (κ3) is 3.62. The van der Waals surface area contributed by atoms with Crippen LogP contribution in [0.25, 0.3) is 0 Å². The molecule has 1 aliphatic rings. The zero-order valence-corrected chi connectivity index (χ0v) is 12.5. The molecule has 1 aromatic rings. The lowest BCUT2D eigenvalue weighted by atomic mass is 9.95. The number of fused-ring (bicyclic) bond motifs is 1. The molecule has 1 atom stereocenters. The Kier molecular flexibility index (Phi) is 5.23. The minimum absolute atomic E-state index is 0.0112. The van der Waals surface area contributed by atoms with Gasteiger partial charge in [0.25, 0.3) is 0 Å². The number of hydrogen-bond donors (Lipinski definition) is 4. The molecule has 1 aromatic carbocycles. The molecular weight excluding hydrogens is 254 g/mol. The Morgan fingerprint density at radius 2 is 2.25 bits per heavy atom. The highest BCUT2D eigenvalue weighted by molar-refractivity contribution is 5.66. The average molecular weight is 279 g/mol. The molecule has 0 fully saturated rings. The van der Waals surface area contributed by atoms with E-state index in [4.69, 9.17) is 4.84 Å². The summed E-state index contributed by atoms with van der Waals surface area (Å²) in [6.07, 6.45) is 2.14. The Bertz CT molecular complexity index is 449. The first-order valence-corrected chi connectivity index (χ1v) is 7.19. The van der Waals surface area contributed by atoms with Gasteiger partial charge in [0.2, 0.25) is 0 Å². The molecule has 0 aliphatic carbocycles. The minimum Gasteiger partial charge on any atom is -0.392 e. The molecule has 1 heterocycles. The lowest BCUT2D eigenvalue weighted by molar-refractivity contribution is 0.262. The number of aryl methyl sites for hydroxylation is 1. The topological polar surface area (TPSA) is 65.5 Å². The maximum Gasteiger partial charge on any atom is 0.0702 e. The summed E-state index contributed by atoms with van der Waals surface area (Å²) in [7, 11) is 1.57. The molecular formula is C15H25N3O2. The van der Waals surface area contributed by atoms with E-state index in [0.29, 0.717) is 12.1 Å². The molecule has 0 bridgehead atoms. The number of anilines is 2. The van der Waals surface area contributed by atoms with Crippen molar-refractivity contribution < 1.29 is 9.94 Å². The standard InChI is InChI=1S/C15H25N3O2/c1-10(2)16-8-13-5-4-11-6-12(9-19)15(18-20-3)7-14(11)17-13/h6-7,10,13,16-19H,4-5,8-9H2,1-3H3. The fourth-order valence-corrected chi connectivity index (χ4v) is 2.53. The monoisotopic (exact) mass is 279 g/mol. The molecule has 0 saturated carbocycles. The van der Waals surface area contributed by atoms with Crippen molar-refractivity contribution in [2.45, 2.75) is 45.4 Å². The highest BCUT2D eigenvalue weighted by Gasteiger charge is 2.19. The predicted molar refractivity (Wildman–Crippen MR) is 81.9 cm³/mol. The van der Waals surface area contributed by atoms with Crippen molar-refractivity contribution in [3.8, 4) is 0 Å². The summed E-state index contributed by atoms with van der Waals surface area (Å²) >= 11 is 0. The maximum atomic E-state index is 9.42. The third-order valence-corrected chi connectivity index (χ3v) is 3.61. The SMILES string of the molecule is CONc1cc2c(cc1CO)CCC(CNC(C)C)N2. The Morgan fingerprint density at radius 3 is 2.90 bits per heavy atom. The highest BCUT2D eigenvalue weighted by atomic mass is 16.6. The fraction of sp³-hybridized carbons (Fsp3) is 0.600. The van der Waals surface area contributed by atoms with E-state index in [1.165, 1.54) is 5.56 Å². The Balaban J connectivity index is 2.12. The first kappa shape index (κ1) is 15.1. The molecule has 0 radical (unpaired) electrons. The van der Waals surface area contributed by atoms with E-state index in [1.54, 1.807) is 7.11 Å². The van der Waals surface area contributed by atoms with Gasteiger partial charge in [-0.2, -0.15) is 0 Å². The van der Waals surface area contributed by atoms with Crippen LogP contribution in [-0.2, 0) is 17.9 Å². The molecule has 4 N–H and O–H groups in total. The lowest BCUT2D eigenvalue weighted by Crippen LogP contribution is -2.38. The Hall–Kier alpha value is -1.30. The van der Waals surface area contributed by atoms with Crippen LogP contribution in [-0.4, -0.2) is 30.8 Å². The van der Waals surface area contributed by atoms with Crippen LogP contribution in [0.2, 0.25) is 0 Å². The predicted octanol–water partition coefficient (Wildman–Crippen LogP) is 1.88. The molecule has 1 aliphatic heterocycles. The molecule has 0 saturated heterocycles. The summed E-state index contributed by atoms with van der Waals surface area (Å²) in [5.41, 5.74) is 6.90. The summed E-state index contributed by atoms with van der Waals surface area (Å²) in [5, 5.41) is 16.4. The van der Waals surface area contributed by atoms with Crippen LogP contribution in [0.15, 0.2) is 12.1 Å². The van der Waals surface area contributed by atoms with Crippen LogP contribution in [0.1, 0.15) is 31.4 Å². The fourth-order valence-electron chi connectivity index (χ4n) is 2.53.